The van der Waals surface area contributed by atoms with Gasteiger partial charge in [-0.15, -0.1) is 0 Å². The average molecular weight is 273 g/mol. The van der Waals surface area contributed by atoms with E-state index in [4.69, 9.17) is 4.42 Å². The number of phenols is 1. The Labute approximate surface area is 116 Å². The molecule has 0 fully saturated rings. The van der Waals surface area contributed by atoms with Crippen molar-refractivity contribution in [3.8, 4) is 5.75 Å². The molecule has 104 valence electrons. The molecule has 2 rings (SSSR count). The van der Waals surface area contributed by atoms with Crippen LogP contribution in [-0.2, 0) is 0 Å². The summed E-state index contributed by atoms with van der Waals surface area (Å²) >= 11 is 0. The van der Waals surface area contributed by atoms with Gasteiger partial charge in [0.25, 0.3) is 5.91 Å². The number of amides is 1. The van der Waals surface area contributed by atoms with Crippen LogP contribution in [0.25, 0.3) is 0 Å². The first-order valence-corrected chi connectivity index (χ1v) is 5.96. The summed E-state index contributed by atoms with van der Waals surface area (Å²) in [4.78, 5) is 13.5. The third-order valence-corrected chi connectivity index (χ3v) is 2.52. The van der Waals surface area contributed by atoms with Gasteiger partial charge in [0.15, 0.2) is 5.88 Å². The molecule has 0 aliphatic rings. The van der Waals surface area contributed by atoms with Crippen LogP contribution in [0, 0.1) is 0 Å². The van der Waals surface area contributed by atoms with Crippen LogP contribution >= 0.6 is 0 Å². The summed E-state index contributed by atoms with van der Waals surface area (Å²) in [5.41, 5.74) is 2.69. The Bertz CT molecular complexity index is 632. The predicted octanol–water partition coefficient (Wildman–Crippen LogP) is 1.82. The number of hydrazone groups is 1. The van der Waals surface area contributed by atoms with Crippen LogP contribution in [0.15, 0.2) is 45.9 Å². The molecule has 0 spiro atoms. The van der Waals surface area contributed by atoms with E-state index in [2.05, 4.69) is 10.5 Å². The first kappa shape index (κ1) is 13.7. The Morgan fingerprint density at radius 1 is 1.35 bits per heavy atom. The number of nitrogens with zero attached hydrogens (tertiary/aromatic N) is 2. The zero-order valence-corrected chi connectivity index (χ0v) is 11.2. The molecule has 1 heterocycles. The minimum Gasteiger partial charge on any atom is -0.508 e. The number of carbonyl (C=O) groups excluding carboxylic acids is 1. The highest BCUT2D eigenvalue weighted by Gasteiger charge is 2.05. The maximum Gasteiger partial charge on any atom is 0.271 e. The second-order valence-corrected chi connectivity index (χ2v) is 4.32. The van der Waals surface area contributed by atoms with E-state index in [1.165, 1.54) is 18.3 Å². The molecule has 0 aliphatic heterocycles. The summed E-state index contributed by atoms with van der Waals surface area (Å²) in [6.07, 6.45) is 1.41. The topological polar surface area (TPSA) is 78.1 Å². The lowest BCUT2D eigenvalue weighted by Crippen LogP contribution is -2.17. The first-order valence-electron chi connectivity index (χ1n) is 5.96. The number of carbonyl (C=O) groups is 1. The van der Waals surface area contributed by atoms with Crippen molar-refractivity contribution in [2.45, 2.75) is 0 Å². The monoisotopic (exact) mass is 273 g/mol. The van der Waals surface area contributed by atoms with Gasteiger partial charge in [-0.3, -0.25) is 4.79 Å². The van der Waals surface area contributed by atoms with E-state index in [0.29, 0.717) is 17.2 Å². The van der Waals surface area contributed by atoms with Gasteiger partial charge in [0.2, 0.25) is 0 Å². The molecule has 1 aromatic heterocycles. The molecule has 0 aliphatic carbocycles. The molecular formula is C14H15N3O3. The van der Waals surface area contributed by atoms with E-state index in [1.807, 2.05) is 19.0 Å². The van der Waals surface area contributed by atoms with Gasteiger partial charge < -0.3 is 14.4 Å². The van der Waals surface area contributed by atoms with Crippen LogP contribution in [0.1, 0.15) is 16.1 Å². The Balaban J connectivity index is 1.97. The highest BCUT2D eigenvalue weighted by molar-refractivity contribution is 5.95. The van der Waals surface area contributed by atoms with Crippen LogP contribution in [0.4, 0.5) is 5.88 Å². The van der Waals surface area contributed by atoms with Gasteiger partial charge in [-0.05, 0) is 24.3 Å². The number of aromatic hydroxyl groups is 1. The predicted molar refractivity (Wildman–Crippen MR) is 76.2 cm³/mol. The van der Waals surface area contributed by atoms with Gasteiger partial charge in [-0.1, -0.05) is 6.07 Å². The summed E-state index contributed by atoms with van der Waals surface area (Å²) in [5.74, 6) is 0.857. The van der Waals surface area contributed by atoms with Crippen LogP contribution in [0.5, 0.6) is 5.75 Å². The Hall–Kier alpha value is -2.76. The minimum atomic E-state index is -0.406. The molecule has 0 radical (unpaired) electrons. The highest BCUT2D eigenvalue weighted by Crippen LogP contribution is 2.14. The summed E-state index contributed by atoms with van der Waals surface area (Å²) in [6.45, 7) is 0. The Morgan fingerprint density at radius 2 is 2.15 bits per heavy atom. The number of phenolic OH excluding ortho intramolecular Hbond substituents is 1. The zero-order valence-electron chi connectivity index (χ0n) is 11.2. The van der Waals surface area contributed by atoms with Crippen molar-refractivity contribution in [2.24, 2.45) is 5.10 Å². The number of hydrogen-bond acceptors (Lipinski definition) is 5. The van der Waals surface area contributed by atoms with Crippen molar-refractivity contribution >= 4 is 18.0 Å². The van der Waals surface area contributed by atoms with Crippen LogP contribution in [0.3, 0.4) is 0 Å². The number of furan rings is 1. The van der Waals surface area contributed by atoms with Crippen molar-refractivity contribution in [3.63, 3.8) is 0 Å². The fraction of sp³-hybridized carbons (Fsp3) is 0.143. The third-order valence-electron chi connectivity index (χ3n) is 2.52. The lowest BCUT2D eigenvalue weighted by molar-refractivity contribution is 0.0954. The molecule has 0 unspecified atom stereocenters. The van der Waals surface area contributed by atoms with Gasteiger partial charge >= 0.3 is 0 Å². The maximum absolute atomic E-state index is 11.7. The second-order valence-electron chi connectivity index (χ2n) is 4.32. The van der Waals surface area contributed by atoms with Gasteiger partial charge in [0.05, 0.1) is 6.21 Å². The van der Waals surface area contributed by atoms with E-state index < -0.39 is 5.91 Å². The number of anilines is 1. The van der Waals surface area contributed by atoms with Crippen molar-refractivity contribution in [3.05, 3.63) is 47.7 Å². The first-order chi connectivity index (χ1) is 9.56. The number of hydrogen-bond donors (Lipinski definition) is 2. The average Bonchev–Trinajstić information content (AvgIpc) is 2.87. The van der Waals surface area contributed by atoms with E-state index >= 15 is 0 Å². The van der Waals surface area contributed by atoms with Crippen molar-refractivity contribution < 1.29 is 14.3 Å². The van der Waals surface area contributed by atoms with E-state index in [1.54, 1.807) is 24.3 Å². The summed E-state index contributed by atoms with van der Waals surface area (Å²) in [6, 6.07) is 9.58. The lowest BCUT2D eigenvalue weighted by Gasteiger charge is -2.05. The molecule has 1 aromatic carbocycles. The quantitative estimate of drug-likeness (QED) is 0.658. The molecule has 0 saturated heterocycles. The smallest absolute Gasteiger partial charge is 0.271 e. The number of rotatable bonds is 4. The summed E-state index contributed by atoms with van der Waals surface area (Å²) in [7, 11) is 3.73. The molecule has 20 heavy (non-hydrogen) atoms. The van der Waals surface area contributed by atoms with Gasteiger partial charge in [-0.25, -0.2) is 5.43 Å². The van der Waals surface area contributed by atoms with Crippen LogP contribution in [-0.4, -0.2) is 31.3 Å². The van der Waals surface area contributed by atoms with Crippen molar-refractivity contribution in [1.29, 1.82) is 0 Å². The molecule has 0 atom stereocenters. The van der Waals surface area contributed by atoms with E-state index in [9.17, 15) is 9.90 Å². The molecular weight excluding hydrogens is 258 g/mol. The zero-order chi connectivity index (χ0) is 14.5. The molecule has 0 saturated carbocycles. The summed E-state index contributed by atoms with van der Waals surface area (Å²) < 4.78 is 5.44. The minimum absolute atomic E-state index is 0.0308. The summed E-state index contributed by atoms with van der Waals surface area (Å²) in [5, 5.41) is 13.1. The number of benzene rings is 1. The lowest BCUT2D eigenvalue weighted by atomic mass is 10.2. The Kier molecular flexibility index (Phi) is 4.05. The molecule has 2 aromatic rings. The largest absolute Gasteiger partial charge is 0.508 e. The SMILES string of the molecule is CN(C)c1ccc(/C=N/NC(=O)c2cccc(O)c2)o1. The van der Waals surface area contributed by atoms with Crippen LogP contribution in [0.2, 0.25) is 0 Å². The molecule has 2 N–H and O–H groups in total. The highest BCUT2D eigenvalue weighted by atomic mass is 16.4. The fourth-order valence-electron chi connectivity index (χ4n) is 1.52. The van der Waals surface area contributed by atoms with E-state index in [0.717, 1.165) is 0 Å². The normalized spacial score (nSPS) is 10.7. The Morgan fingerprint density at radius 3 is 2.80 bits per heavy atom. The molecule has 1 amide bonds. The van der Waals surface area contributed by atoms with Crippen LogP contribution < -0.4 is 10.3 Å². The fourth-order valence-corrected chi connectivity index (χ4v) is 1.52. The third kappa shape index (κ3) is 3.38. The second kappa shape index (κ2) is 5.92. The van der Waals surface area contributed by atoms with E-state index in [-0.39, 0.29) is 5.75 Å². The van der Waals surface area contributed by atoms with Gasteiger partial charge in [0.1, 0.15) is 11.5 Å². The van der Waals surface area contributed by atoms with Gasteiger partial charge in [0, 0.05) is 25.7 Å². The van der Waals surface area contributed by atoms with Crippen molar-refractivity contribution in [1.82, 2.24) is 5.43 Å². The van der Waals surface area contributed by atoms with Gasteiger partial charge in [-0.2, -0.15) is 5.10 Å². The molecule has 6 nitrogen and oxygen atoms in total. The standard InChI is InChI=1S/C14H15N3O3/c1-17(2)13-7-6-12(20-13)9-15-16-14(19)10-4-3-5-11(18)8-10/h3-9,18H,1-2H3,(H,16,19)/b15-9+. The molecule has 6 heteroatoms. The molecule has 0 bridgehead atoms. The maximum atomic E-state index is 11.7. The van der Waals surface area contributed by atoms with Crippen molar-refractivity contribution in [2.75, 3.05) is 19.0 Å². The number of nitrogens with one attached hydrogen (secondary N) is 1.